The van der Waals surface area contributed by atoms with Crippen molar-refractivity contribution in [2.45, 2.75) is 6.61 Å². The smallest absolute Gasteiger partial charge is 0.341 e. The number of hydrogen-bond donors (Lipinski definition) is 0. The first-order chi connectivity index (χ1) is 11.1. The van der Waals surface area contributed by atoms with Crippen molar-refractivity contribution in [3.63, 3.8) is 0 Å². The van der Waals surface area contributed by atoms with Crippen molar-refractivity contribution in [1.29, 1.82) is 0 Å². The summed E-state index contributed by atoms with van der Waals surface area (Å²) in [5.41, 5.74) is 1.17. The first-order valence-electron chi connectivity index (χ1n) is 6.84. The zero-order chi connectivity index (χ0) is 16.2. The number of aromatic nitrogens is 2. The number of rotatable bonds is 4. The number of hydrogen-bond acceptors (Lipinski definition) is 3. The van der Waals surface area contributed by atoms with Crippen molar-refractivity contribution < 1.29 is 18.3 Å². The van der Waals surface area contributed by atoms with Crippen LogP contribution in [-0.4, -0.2) is 15.7 Å². The summed E-state index contributed by atoms with van der Waals surface area (Å²) in [4.78, 5) is 11.8. The molecule has 6 heteroatoms. The van der Waals surface area contributed by atoms with Gasteiger partial charge in [-0.05, 0) is 42.0 Å². The van der Waals surface area contributed by atoms with Gasteiger partial charge in [0.05, 0.1) is 11.3 Å². The topological polar surface area (TPSA) is 44.1 Å². The normalized spacial score (nSPS) is 10.5. The Hall–Kier alpha value is -3.02. The largest absolute Gasteiger partial charge is 0.457 e. The van der Waals surface area contributed by atoms with E-state index in [0.717, 1.165) is 29.4 Å². The highest BCUT2D eigenvalue weighted by Crippen LogP contribution is 2.13. The van der Waals surface area contributed by atoms with Crippen molar-refractivity contribution in [2.75, 3.05) is 0 Å². The second kappa shape index (κ2) is 6.39. The summed E-state index contributed by atoms with van der Waals surface area (Å²) in [6.07, 6.45) is 3.48. The molecule has 0 aliphatic rings. The average molecular weight is 314 g/mol. The third kappa shape index (κ3) is 3.42. The predicted molar refractivity (Wildman–Crippen MR) is 79.0 cm³/mol. The van der Waals surface area contributed by atoms with Crippen LogP contribution in [0.3, 0.4) is 0 Å². The molecule has 0 saturated carbocycles. The van der Waals surface area contributed by atoms with Crippen LogP contribution in [0.15, 0.2) is 60.9 Å². The molecule has 0 bridgehead atoms. The molecule has 0 spiro atoms. The Kier molecular flexibility index (Phi) is 4.14. The van der Waals surface area contributed by atoms with E-state index in [4.69, 9.17) is 4.74 Å². The fraction of sp³-hybridized carbons (Fsp3) is 0.0588. The predicted octanol–water partition coefficient (Wildman–Crippen LogP) is 3.51. The van der Waals surface area contributed by atoms with E-state index in [1.54, 1.807) is 23.0 Å². The van der Waals surface area contributed by atoms with Gasteiger partial charge in [-0.1, -0.05) is 12.1 Å². The molecular formula is C17H12F2N2O2. The fourth-order valence-electron chi connectivity index (χ4n) is 2.05. The van der Waals surface area contributed by atoms with Gasteiger partial charge in [0.25, 0.3) is 0 Å². The first-order valence-corrected chi connectivity index (χ1v) is 6.84. The summed E-state index contributed by atoms with van der Waals surface area (Å²) >= 11 is 0. The minimum absolute atomic E-state index is 0.0336. The van der Waals surface area contributed by atoms with Crippen LogP contribution in [0.25, 0.3) is 5.69 Å². The van der Waals surface area contributed by atoms with Crippen LogP contribution in [0.4, 0.5) is 8.78 Å². The molecule has 1 heterocycles. The minimum atomic E-state index is -0.904. The van der Waals surface area contributed by atoms with Gasteiger partial charge < -0.3 is 4.74 Å². The van der Waals surface area contributed by atoms with E-state index in [-0.39, 0.29) is 6.61 Å². The van der Waals surface area contributed by atoms with Crippen LogP contribution >= 0.6 is 0 Å². The van der Waals surface area contributed by atoms with Crippen LogP contribution in [0.2, 0.25) is 0 Å². The highest BCUT2D eigenvalue weighted by atomic mass is 19.1. The molecule has 1 aromatic heterocycles. The minimum Gasteiger partial charge on any atom is -0.457 e. The summed E-state index contributed by atoms with van der Waals surface area (Å²) in [6.45, 7) is -0.0336. The number of carbonyl (C=O) groups is 1. The van der Waals surface area contributed by atoms with E-state index >= 15 is 0 Å². The van der Waals surface area contributed by atoms with Crippen molar-refractivity contribution in [3.8, 4) is 5.69 Å². The van der Waals surface area contributed by atoms with E-state index in [1.807, 2.05) is 24.4 Å². The molecule has 0 aliphatic carbocycles. The number of carbonyl (C=O) groups excluding carboxylic acids is 1. The molecule has 0 N–H and O–H groups in total. The van der Waals surface area contributed by atoms with Crippen LogP contribution < -0.4 is 0 Å². The lowest BCUT2D eigenvalue weighted by molar-refractivity contribution is 0.0466. The van der Waals surface area contributed by atoms with Crippen molar-refractivity contribution >= 4 is 5.97 Å². The summed E-state index contributed by atoms with van der Waals surface area (Å²) < 4.78 is 33.3. The lowest BCUT2D eigenvalue weighted by atomic mass is 10.2. The zero-order valence-electron chi connectivity index (χ0n) is 11.9. The van der Waals surface area contributed by atoms with Crippen molar-refractivity contribution in [1.82, 2.24) is 9.78 Å². The van der Waals surface area contributed by atoms with E-state index in [0.29, 0.717) is 0 Å². The molecule has 2 aromatic carbocycles. The summed E-state index contributed by atoms with van der Waals surface area (Å²) in [7, 11) is 0. The molecule has 23 heavy (non-hydrogen) atoms. The number of nitrogens with zero attached hydrogens (tertiary/aromatic N) is 2. The molecule has 0 unspecified atom stereocenters. The second-order valence-corrected chi connectivity index (χ2v) is 4.82. The molecule has 3 aromatic rings. The van der Waals surface area contributed by atoms with Gasteiger partial charge in [-0.15, -0.1) is 0 Å². The van der Waals surface area contributed by atoms with Crippen molar-refractivity contribution in [2.24, 2.45) is 0 Å². The van der Waals surface area contributed by atoms with Crippen LogP contribution in [0.5, 0.6) is 0 Å². The van der Waals surface area contributed by atoms with Gasteiger partial charge in [0.1, 0.15) is 18.2 Å². The Morgan fingerprint density at radius 3 is 2.61 bits per heavy atom. The monoisotopic (exact) mass is 314 g/mol. The molecule has 0 fully saturated rings. The molecule has 0 saturated heterocycles. The van der Waals surface area contributed by atoms with E-state index < -0.39 is 23.2 Å². The van der Waals surface area contributed by atoms with Gasteiger partial charge in [0.15, 0.2) is 0 Å². The van der Waals surface area contributed by atoms with Crippen LogP contribution in [0.1, 0.15) is 15.9 Å². The summed E-state index contributed by atoms with van der Waals surface area (Å²) in [5, 5.41) is 4.10. The van der Waals surface area contributed by atoms with Crippen molar-refractivity contribution in [3.05, 3.63) is 83.7 Å². The number of halogens is 2. The molecule has 4 nitrogen and oxygen atoms in total. The number of esters is 1. The van der Waals surface area contributed by atoms with Gasteiger partial charge in [0, 0.05) is 12.4 Å². The summed E-state index contributed by atoms with van der Waals surface area (Å²) in [5.74, 6) is -2.41. The number of benzene rings is 2. The lowest BCUT2D eigenvalue weighted by Gasteiger charge is -2.07. The lowest BCUT2D eigenvalue weighted by Crippen LogP contribution is -2.08. The van der Waals surface area contributed by atoms with Crippen LogP contribution in [-0.2, 0) is 11.3 Å². The SMILES string of the molecule is O=C(OCc1ccc(-n2cccn2)cc1)c1cc(F)ccc1F. The summed E-state index contributed by atoms with van der Waals surface area (Å²) in [6, 6.07) is 11.6. The third-order valence-corrected chi connectivity index (χ3v) is 3.22. The molecule has 0 aliphatic heterocycles. The van der Waals surface area contributed by atoms with Gasteiger partial charge in [0.2, 0.25) is 0 Å². The second-order valence-electron chi connectivity index (χ2n) is 4.82. The van der Waals surface area contributed by atoms with Gasteiger partial charge >= 0.3 is 5.97 Å². The molecule has 0 amide bonds. The molecule has 116 valence electrons. The number of ether oxygens (including phenoxy) is 1. The standard InChI is InChI=1S/C17H12F2N2O2/c18-13-4-7-16(19)15(10-13)17(22)23-11-12-2-5-14(6-3-12)21-9-1-8-20-21/h1-10H,11H2. The maximum absolute atomic E-state index is 13.5. The fourth-order valence-corrected chi connectivity index (χ4v) is 2.05. The third-order valence-electron chi connectivity index (χ3n) is 3.22. The Bertz CT molecular complexity index is 815. The molecule has 0 atom stereocenters. The molecule has 0 radical (unpaired) electrons. The molecular weight excluding hydrogens is 302 g/mol. The first kappa shape index (κ1) is 14.9. The maximum Gasteiger partial charge on any atom is 0.341 e. The Morgan fingerprint density at radius 1 is 1.13 bits per heavy atom. The van der Waals surface area contributed by atoms with Gasteiger partial charge in [-0.25, -0.2) is 18.3 Å². The van der Waals surface area contributed by atoms with Gasteiger partial charge in [-0.3, -0.25) is 0 Å². The Balaban J connectivity index is 1.66. The van der Waals surface area contributed by atoms with Crippen LogP contribution in [0, 0.1) is 11.6 Å². The zero-order valence-corrected chi connectivity index (χ0v) is 11.9. The quantitative estimate of drug-likeness (QED) is 0.692. The van der Waals surface area contributed by atoms with Gasteiger partial charge in [-0.2, -0.15) is 5.10 Å². The highest BCUT2D eigenvalue weighted by Gasteiger charge is 2.14. The van der Waals surface area contributed by atoms with E-state index in [2.05, 4.69) is 5.10 Å². The van der Waals surface area contributed by atoms with E-state index in [9.17, 15) is 13.6 Å². The highest BCUT2D eigenvalue weighted by molar-refractivity contribution is 5.89. The maximum atomic E-state index is 13.5. The average Bonchev–Trinajstić information content (AvgIpc) is 3.10. The Morgan fingerprint density at radius 2 is 1.91 bits per heavy atom. The van der Waals surface area contributed by atoms with E-state index in [1.165, 1.54) is 0 Å². The Labute approximate surface area is 130 Å². The molecule has 3 rings (SSSR count).